The smallest absolute Gasteiger partial charge is 0.341 e. The van der Waals surface area contributed by atoms with Crippen LogP contribution in [0.5, 0.6) is 11.5 Å². The Morgan fingerprint density at radius 2 is 1.74 bits per heavy atom. The Balaban J connectivity index is 2.28. The Bertz CT molecular complexity index is 671. The molecule has 0 aliphatic rings. The van der Waals surface area contributed by atoms with Gasteiger partial charge in [0.2, 0.25) is 0 Å². The largest absolute Gasteiger partial charge is 0.491 e. The fourth-order valence-electron chi connectivity index (χ4n) is 2.40. The lowest BCUT2D eigenvalue weighted by Crippen LogP contribution is -2.09. The van der Waals surface area contributed by atoms with E-state index in [4.69, 9.17) is 19.7 Å². The fraction of sp³-hybridized carbons (Fsp3) is 0.278. The molecule has 0 radical (unpaired) electrons. The molecule has 2 aromatic carbocycles. The lowest BCUT2D eigenvalue weighted by Gasteiger charge is -2.14. The highest BCUT2D eigenvalue weighted by atomic mass is 16.5. The maximum absolute atomic E-state index is 10.6. The molecule has 23 heavy (non-hydrogen) atoms. The molecule has 0 aromatic heterocycles. The maximum Gasteiger partial charge on any atom is 0.341 e. The predicted molar refractivity (Wildman–Crippen MR) is 87.1 cm³/mol. The van der Waals surface area contributed by atoms with Crippen molar-refractivity contribution in [2.24, 2.45) is 0 Å². The summed E-state index contributed by atoms with van der Waals surface area (Å²) in [6.07, 6.45) is 0. The Labute approximate surface area is 135 Å². The first-order valence-corrected chi connectivity index (χ1v) is 7.31. The van der Waals surface area contributed by atoms with Crippen LogP contribution in [-0.2, 0) is 4.79 Å². The third-order valence-electron chi connectivity index (χ3n) is 3.33. The van der Waals surface area contributed by atoms with Crippen molar-refractivity contribution in [1.29, 1.82) is 0 Å². The van der Waals surface area contributed by atoms with Crippen molar-refractivity contribution in [3.8, 4) is 22.6 Å². The summed E-state index contributed by atoms with van der Waals surface area (Å²) in [7, 11) is 0. The van der Waals surface area contributed by atoms with Crippen LogP contribution in [0.25, 0.3) is 11.1 Å². The molecule has 2 N–H and O–H groups in total. The van der Waals surface area contributed by atoms with Crippen LogP contribution in [0.2, 0.25) is 0 Å². The zero-order valence-electron chi connectivity index (χ0n) is 13.2. The van der Waals surface area contributed by atoms with Gasteiger partial charge in [-0.25, -0.2) is 4.79 Å². The molecule has 0 atom stereocenters. The summed E-state index contributed by atoms with van der Waals surface area (Å²) in [5.41, 5.74) is 3.89. The van der Waals surface area contributed by atoms with Gasteiger partial charge in [0.1, 0.15) is 18.1 Å². The van der Waals surface area contributed by atoms with Crippen molar-refractivity contribution >= 4 is 5.97 Å². The summed E-state index contributed by atoms with van der Waals surface area (Å²) >= 11 is 0. The number of carboxylic acid groups (broad SMARTS) is 1. The van der Waals surface area contributed by atoms with Gasteiger partial charge >= 0.3 is 5.97 Å². The van der Waals surface area contributed by atoms with E-state index in [0.29, 0.717) is 5.75 Å². The average molecular weight is 316 g/mol. The molecule has 0 aliphatic carbocycles. The molecule has 0 heterocycles. The van der Waals surface area contributed by atoms with E-state index in [-0.39, 0.29) is 19.8 Å². The van der Waals surface area contributed by atoms with E-state index >= 15 is 0 Å². The van der Waals surface area contributed by atoms with Crippen LogP contribution in [0.3, 0.4) is 0 Å². The second kappa shape index (κ2) is 7.65. The van der Waals surface area contributed by atoms with Gasteiger partial charge in [-0.05, 0) is 60.4 Å². The molecule has 0 fully saturated rings. The third kappa shape index (κ3) is 4.47. The second-order valence-corrected chi connectivity index (χ2v) is 5.22. The van der Waals surface area contributed by atoms with E-state index in [1.54, 1.807) is 6.07 Å². The van der Waals surface area contributed by atoms with E-state index in [1.807, 2.05) is 44.2 Å². The molecule has 0 spiro atoms. The van der Waals surface area contributed by atoms with Gasteiger partial charge in [-0.1, -0.05) is 12.1 Å². The lowest BCUT2D eigenvalue weighted by atomic mass is 9.99. The summed E-state index contributed by atoms with van der Waals surface area (Å²) < 4.78 is 10.8. The van der Waals surface area contributed by atoms with Gasteiger partial charge in [0.05, 0.1) is 6.61 Å². The number of aliphatic carboxylic acids is 1. The van der Waals surface area contributed by atoms with E-state index in [1.165, 1.54) is 0 Å². The molecule has 5 nitrogen and oxygen atoms in total. The number of carboxylic acids is 1. The SMILES string of the molecule is Cc1cc(-c2cccc(OCC(=O)O)c2)cc(C)c1OCCO. The zero-order valence-corrected chi connectivity index (χ0v) is 13.2. The van der Waals surface area contributed by atoms with Gasteiger partial charge in [-0.15, -0.1) is 0 Å². The number of rotatable bonds is 7. The number of aryl methyl sites for hydroxylation is 2. The highest BCUT2D eigenvalue weighted by Gasteiger charge is 2.09. The van der Waals surface area contributed by atoms with Gasteiger partial charge in [0, 0.05) is 0 Å². The van der Waals surface area contributed by atoms with Crippen molar-refractivity contribution in [3.63, 3.8) is 0 Å². The Morgan fingerprint density at radius 3 is 2.35 bits per heavy atom. The number of aliphatic hydroxyl groups is 1. The Hall–Kier alpha value is -2.53. The first kappa shape index (κ1) is 16.8. The van der Waals surface area contributed by atoms with Gasteiger partial charge in [0.15, 0.2) is 6.61 Å². The lowest BCUT2D eigenvalue weighted by molar-refractivity contribution is -0.139. The fourth-order valence-corrected chi connectivity index (χ4v) is 2.40. The quantitative estimate of drug-likeness (QED) is 0.821. The van der Waals surface area contributed by atoms with Gasteiger partial charge in [-0.2, -0.15) is 0 Å². The van der Waals surface area contributed by atoms with Gasteiger partial charge in [0.25, 0.3) is 0 Å². The molecular formula is C18H20O5. The van der Waals surface area contributed by atoms with Crippen molar-refractivity contribution in [2.45, 2.75) is 13.8 Å². The van der Waals surface area contributed by atoms with Crippen molar-refractivity contribution < 1.29 is 24.5 Å². The van der Waals surface area contributed by atoms with Crippen LogP contribution >= 0.6 is 0 Å². The molecule has 0 saturated heterocycles. The van der Waals surface area contributed by atoms with Crippen LogP contribution in [0.1, 0.15) is 11.1 Å². The minimum atomic E-state index is -1.01. The van der Waals surface area contributed by atoms with E-state index < -0.39 is 5.97 Å². The van der Waals surface area contributed by atoms with Crippen molar-refractivity contribution in [2.75, 3.05) is 19.8 Å². The van der Waals surface area contributed by atoms with Crippen LogP contribution in [0, 0.1) is 13.8 Å². The first-order valence-electron chi connectivity index (χ1n) is 7.31. The van der Waals surface area contributed by atoms with Gasteiger partial charge in [-0.3, -0.25) is 0 Å². The van der Waals surface area contributed by atoms with Gasteiger partial charge < -0.3 is 19.7 Å². The summed E-state index contributed by atoms with van der Waals surface area (Å²) in [6, 6.07) is 11.3. The molecular weight excluding hydrogens is 296 g/mol. The number of hydrogen-bond donors (Lipinski definition) is 2. The predicted octanol–water partition coefficient (Wildman–Crippen LogP) is 2.80. The monoisotopic (exact) mass is 316 g/mol. The maximum atomic E-state index is 10.6. The molecule has 0 unspecified atom stereocenters. The molecule has 0 amide bonds. The number of benzene rings is 2. The molecule has 0 aliphatic heterocycles. The Kier molecular flexibility index (Phi) is 5.60. The number of carbonyl (C=O) groups is 1. The van der Waals surface area contributed by atoms with Crippen LogP contribution in [-0.4, -0.2) is 36.0 Å². The second-order valence-electron chi connectivity index (χ2n) is 5.22. The standard InChI is InChI=1S/C18H20O5/c1-12-8-15(9-13(2)18(12)22-7-6-19)14-4-3-5-16(10-14)23-11-17(20)21/h3-5,8-10,19H,6-7,11H2,1-2H3,(H,20,21). The third-order valence-corrected chi connectivity index (χ3v) is 3.33. The summed E-state index contributed by atoms with van der Waals surface area (Å²) in [5, 5.41) is 17.6. The summed E-state index contributed by atoms with van der Waals surface area (Å²) in [4.78, 5) is 10.6. The highest BCUT2D eigenvalue weighted by Crippen LogP contribution is 2.31. The number of ether oxygens (including phenoxy) is 2. The van der Waals surface area contributed by atoms with Crippen molar-refractivity contribution in [3.05, 3.63) is 47.5 Å². The molecule has 0 saturated carbocycles. The molecule has 122 valence electrons. The normalized spacial score (nSPS) is 10.4. The first-order chi connectivity index (χ1) is 11.0. The number of aliphatic hydroxyl groups excluding tert-OH is 1. The molecule has 2 aromatic rings. The minimum absolute atomic E-state index is 0.0242. The van der Waals surface area contributed by atoms with E-state index in [2.05, 4.69) is 0 Å². The van der Waals surface area contributed by atoms with Crippen LogP contribution in [0.15, 0.2) is 36.4 Å². The van der Waals surface area contributed by atoms with Crippen LogP contribution < -0.4 is 9.47 Å². The number of hydrogen-bond acceptors (Lipinski definition) is 4. The van der Waals surface area contributed by atoms with Crippen molar-refractivity contribution in [1.82, 2.24) is 0 Å². The molecule has 5 heteroatoms. The highest BCUT2D eigenvalue weighted by molar-refractivity contribution is 5.70. The topological polar surface area (TPSA) is 76.0 Å². The molecule has 0 bridgehead atoms. The summed E-state index contributed by atoms with van der Waals surface area (Å²) in [6.45, 7) is 3.78. The Morgan fingerprint density at radius 1 is 1.04 bits per heavy atom. The molecule has 2 rings (SSSR count). The van der Waals surface area contributed by atoms with E-state index in [9.17, 15) is 4.79 Å². The van der Waals surface area contributed by atoms with Crippen LogP contribution in [0.4, 0.5) is 0 Å². The van der Waals surface area contributed by atoms with E-state index in [0.717, 1.165) is 28.0 Å². The zero-order chi connectivity index (χ0) is 16.8. The minimum Gasteiger partial charge on any atom is -0.491 e. The summed E-state index contributed by atoms with van der Waals surface area (Å²) in [5.74, 6) is 0.286. The average Bonchev–Trinajstić information content (AvgIpc) is 2.52.